The van der Waals surface area contributed by atoms with Gasteiger partial charge in [0.1, 0.15) is 6.04 Å². The molecular formula is C14H26ClN3O3. The van der Waals surface area contributed by atoms with Gasteiger partial charge in [0, 0.05) is 26.1 Å². The highest BCUT2D eigenvalue weighted by atomic mass is 35.5. The zero-order chi connectivity index (χ0) is 14.5. The molecule has 0 aromatic carbocycles. The first-order chi connectivity index (χ1) is 9.58. The number of hydrogen-bond donors (Lipinski definition) is 2. The number of nitrogens with zero attached hydrogens (tertiary/aromatic N) is 1. The largest absolute Gasteiger partial charge is 0.375 e. The van der Waals surface area contributed by atoms with Crippen molar-refractivity contribution in [2.75, 3.05) is 26.2 Å². The molecule has 0 aromatic rings. The van der Waals surface area contributed by atoms with Gasteiger partial charge in [0.15, 0.2) is 0 Å². The summed E-state index contributed by atoms with van der Waals surface area (Å²) >= 11 is 0. The van der Waals surface area contributed by atoms with Crippen molar-refractivity contribution in [2.45, 2.75) is 44.8 Å². The van der Waals surface area contributed by atoms with E-state index in [4.69, 9.17) is 10.5 Å². The Morgan fingerprint density at radius 2 is 2.19 bits per heavy atom. The van der Waals surface area contributed by atoms with Crippen molar-refractivity contribution in [3.63, 3.8) is 0 Å². The van der Waals surface area contributed by atoms with E-state index in [-0.39, 0.29) is 36.4 Å². The Balaban J connectivity index is 0.00000220. The van der Waals surface area contributed by atoms with E-state index in [2.05, 4.69) is 5.32 Å². The number of ether oxygens (including phenoxy) is 1. The molecule has 3 N–H and O–H groups in total. The molecule has 6 nitrogen and oxygen atoms in total. The number of piperidine rings is 1. The number of likely N-dealkylation sites (tertiary alicyclic amines) is 1. The average molecular weight is 320 g/mol. The first kappa shape index (κ1) is 18.2. The van der Waals surface area contributed by atoms with Crippen LogP contribution in [0.3, 0.4) is 0 Å². The summed E-state index contributed by atoms with van der Waals surface area (Å²) in [4.78, 5) is 25.3. The van der Waals surface area contributed by atoms with Gasteiger partial charge in [-0.05, 0) is 32.1 Å². The molecule has 0 spiro atoms. The van der Waals surface area contributed by atoms with Gasteiger partial charge in [-0.3, -0.25) is 9.59 Å². The van der Waals surface area contributed by atoms with Crippen molar-refractivity contribution in [2.24, 2.45) is 11.7 Å². The number of amides is 2. The highest BCUT2D eigenvalue weighted by Gasteiger charge is 2.33. The molecule has 0 aromatic heterocycles. The lowest BCUT2D eigenvalue weighted by atomic mass is 9.92. The average Bonchev–Trinajstić information content (AvgIpc) is 2.45. The molecule has 21 heavy (non-hydrogen) atoms. The van der Waals surface area contributed by atoms with Gasteiger partial charge >= 0.3 is 0 Å². The van der Waals surface area contributed by atoms with Gasteiger partial charge in [0.2, 0.25) is 11.8 Å². The molecule has 2 aliphatic heterocycles. The van der Waals surface area contributed by atoms with E-state index < -0.39 is 0 Å². The molecule has 2 aliphatic rings. The molecule has 3 atom stereocenters. The minimum atomic E-state index is -0.260. The maximum absolute atomic E-state index is 12.5. The Morgan fingerprint density at radius 3 is 2.86 bits per heavy atom. The molecule has 0 radical (unpaired) electrons. The number of halogens is 1. The molecule has 122 valence electrons. The van der Waals surface area contributed by atoms with Crippen LogP contribution in [0.4, 0.5) is 0 Å². The third kappa shape index (κ3) is 5.13. The van der Waals surface area contributed by atoms with Crippen molar-refractivity contribution in [1.82, 2.24) is 10.2 Å². The number of nitrogens with two attached hydrogens (primary N) is 1. The quantitative estimate of drug-likeness (QED) is 0.780. The first-order valence-electron chi connectivity index (χ1n) is 7.50. The molecular weight excluding hydrogens is 294 g/mol. The predicted molar refractivity (Wildman–Crippen MR) is 82.2 cm³/mol. The lowest BCUT2D eigenvalue weighted by molar-refractivity contribution is -0.141. The molecule has 2 amide bonds. The summed E-state index contributed by atoms with van der Waals surface area (Å²) in [7, 11) is 0. The standard InChI is InChI=1S/C14H25N3O3.ClH/c1-10-13(16-6-8-20-10)14(19)17-7-2-3-11(9-17)4-5-12(15)18;/h10-11,13,16H,2-9H2,1H3,(H2,15,18);1H/t10-,11?,13+;/m1./s1. The lowest BCUT2D eigenvalue weighted by Gasteiger charge is -2.38. The van der Waals surface area contributed by atoms with E-state index in [1.807, 2.05) is 11.8 Å². The van der Waals surface area contributed by atoms with E-state index in [0.29, 0.717) is 18.9 Å². The number of hydrogen-bond acceptors (Lipinski definition) is 4. The van der Waals surface area contributed by atoms with Crippen LogP contribution in [0.15, 0.2) is 0 Å². The summed E-state index contributed by atoms with van der Waals surface area (Å²) in [5, 5.41) is 3.24. The second-order valence-electron chi connectivity index (χ2n) is 5.81. The fraction of sp³-hybridized carbons (Fsp3) is 0.857. The second-order valence-corrected chi connectivity index (χ2v) is 5.81. The number of nitrogens with one attached hydrogen (secondary N) is 1. The van der Waals surface area contributed by atoms with Gasteiger partial charge in [-0.2, -0.15) is 0 Å². The minimum Gasteiger partial charge on any atom is -0.375 e. The second kappa shape index (κ2) is 8.56. The Hall–Kier alpha value is -0.850. The fourth-order valence-corrected chi connectivity index (χ4v) is 3.05. The van der Waals surface area contributed by atoms with E-state index in [1.54, 1.807) is 0 Å². The van der Waals surface area contributed by atoms with Crippen LogP contribution < -0.4 is 11.1 Å². The topological polar surface area (TPSA) is 84.7 Å². The van der Waals surface area contributed by atoms with Gasteiger partial charge < -0.3 is 20.7 Å². The summed E-state index contributed by atoms with van der Waals surface area (Å²) in [5.41, 5.74) is 5.19. The molecule has 0 aliphatic carbocycles. The predicted octanol–water partition coefficient (Wildman–Crippen LogP) is 0.289. The van der Waals surface area contributed by atoms with Gasteiger partial charge in [0.25, 0.3) is 0 Å². The third-order valence-corrected chi connectivity index (χ3v) is 4.21. The van der Waals surface area contributed by atoms with Crippen LogP contribution in [0, 0.1) is 5.92 Å². The molecule has 2 fully saturated rings. The van der Waals surface area contributed by atoms with E-state index in [9.17, 15) is 9.59 Å². The number of carbonyl (C=O) groups excluding carboxylic acids is 2. The van der Waals surface area contributed by atoms with Crippen LogP contribution >= 0.6 is 12.4 Å². The lowest BCUT2D eigenvalue weighted by Crippen LogP contribution is -2.57. The Labute approximate surface area is 132 Å². The monoisotopic (exact) mass is 319 g/mol. The zero-order valence-electron chi connectivity index (χ0n) is 12.5. The van der Waals surface area contributed by atoms with E-state index >= 15 is 0 Å². The van der Waals surface area contributed by atoms with Gasteiger partial charge in [0.05, 0.1) is 12.7 Å². The molecule has 0 bridgehead atoms. The summed E-state index contributed by atoms with van der Waals surface area (Å²) in [6.07, 6.45) is 3.18. The first-order valence-corrected chi connectivity index (χ1v) is 7.50. The molecule has 2 saturated heterocycles. The molecule has 2 heterocycles. The minimum absolute atomic E-state index is 0. The van der Waals surface area contributed by atoms with Crippen molar-refractivity contribution >= 4 is 24.2 Å². The van der Waals surface area contributed by atoms with Crippen molar-refractivity contribution in [3.8, 4) is 0 Å². The SMILES string of the molecule is C[C@H]1OCCN[C@@H]1C(=O)N1CCCC(CCC(N)=O)C1.Cl. The number of primary amides is 1. The van der Waals surface area contributed by atoms with Crippen LogP contribution in [-0.2, 0) is 14.3 Å². The van der Waals surface area contributed by atoms with Crippen molar-refractivity contribution in [3.05, 3.63) is 0 Å². The normalized spacial score (nSPS) is 29.6. The summed E-state index contributed by atoms with van der Waals surface area (Å²) in [6, 6.07) is -0.237. The van der Waals surface area contributed by atoms with E-state index in [0.717, 1.165) is 38.9 Å². The molecule has 7 heteroatoms. The third-order valence-electron chi connectivity index (χ3n) is 4.21. The summed E-state index contributed by atoms with van der Waals surface area (Å²) in [5.74, 6) is 0.255. The Morgan fingerprint density at radius 1 is 1.43 bits per heavy atom. The number of rotatable bonds is 4. The molecule has 2 rings (SSSR count). The van der Waals surface area contributed by atoms with Crippen molar-refractivity contribution < 1.29 is 14.3 Å². The Kier molecular flexibility index (Phi) is 7.42. The van der Waals surface area contributed by atoms with E-state index in [1.165, 1.54) is 0 Å². The van der Waals surface area contributed by atoms with Crippen LogP contribution in [0.5, 0.6) is 0 Å². The Bertz CT molecular complexity index is 367. The van der Waals surface area contributed by atoms with Crippen LogP contribution in [0.25, 0.3) is 0 Å². The molecule has 1 unspecified atom stereocenters. The molecule has 0 saturated carbocycles. The fourth-order valence-electron chi connectivity index (χ4n) is 3.05. The van der Waals surface area contributed by atoms with Gasteiger partial charge in [-0.25, -0.2) is 0 Å². The maximum Gasteiger partial charge on any atom is 0.242 e. The number of morpholine rings is 1. The van der Waals surface area contributed by atoms with Crippen LogP contribution in [0.1, 0.15) is 32.6 Å². The van der Waals surface area contributed by atoms with Crippen LogP contribution in [0.2, 0.25) is 0 Å². The zero-order valence-corrected chi connectivity index (χ0v) is 13.4. The summed E-state index contributed by atoms with van der Waals surface area (Å²) in [6.45, 7) is 4.85. The maximum atomic E-state index is 12.5. The summed E-state index contributed by atoms with van der Waals surface area (Å²) < 4.78 is 5.54. The van der Waals surface area contributed by atoms with Gasteiger partial charge in [-0.15, -0.1) is 12.4 Å². The van der Waals surface area contributed by atoms with Crippen LogP contribution in [-0.4, -0.2) is 55.1 Å². The number of carbonyl (C=O) groups is 2. The van der Waals surface area contributed by atoms with Crippen molar-refractivity contribution in [1.29, 1.82) is 0 Å². The highest BCUT2D eigenvalue weighted by molar-refractivity contribution is 5.85. The highest BCUT2D eigenvalue weighted by Crippen LogP contribution is 2.22. The smallest absolute Gasteiger partial charge is 0.242 e. The van der Waals surface area contributed by atoms with Gasteiger partial charge in [-0.1, -0.05) is 0 Å².